The highest BCUT2D eigenvalue weighted by Gasteiger charge is 2.34. The van der Waals surface area contributed by atoms with Gasteiger partial charge in [-0.1, -0.05) is 0 Å². The Balaban J connectivity index is 3.12. The van der Waals surface area contributed by atoms with Gasteiger partial charge in [0.25, 0.3) is 0 Å². The summed E-state index contributed by atoms with van der Waals surface area (Å²) >= 11 is 0. The zero-order valence-corrected chi connectivity index (χ0v) is 8.76. The average molecular weight is 246 g/mol. The third kappa shape index (κ3) is 3.46. The van der Waals surface area contributed by atoms with Gasteiger partial charge < -0.3 is 5.11 Å². The van der Waals surface area contributed by atoms with Crippen LogP contribution in [0.2, 0.25) is 0 Å². The summed E-state index contributed by atoms with van der Waals surface area (Å²) in [6.07, 6.45) is -1.01. The van der Waals surface area contributed by atoms with Gasteiger partial charge in [-0.25, -0.2) is 4.39 Å². The molecule has 1 nitrogen and oxygen atoms in total. The molecule has 1 rings (SSSR count). The van der Waals surface area contributed by atoms with Crippen LogP contribution in [0.4, 0.5) is 17.6 Å². The molecule has 5 heteroatoms. The third-order valence-electron chi connectivity index (χ3n) is 2.24. The summed E-state index contributed by atoms with van der Waals surface area (Å²) in [6.45, 7) is 0. The number of hydrogen-bond donors (Lipinski definition) is 1. The molecule has 17 heavy (non-hydrogen) atoms. The van der Waals surface area contributed by atoms with E-state index in [2.05, 4.69) is 5.92 Å². The molecule has 0 saturated carbocycles. The van der Waals surface area contributed by atoms with Gasteiger partial charge in [0, 0.05) is 6.42 Å². The van der Waals surface area contributed by atoms with Crippen molar-refractivity contribution < 1.29 is 22.7 Å². The van der Waals surface area contributed by atoms with Crippen LogP contribution in [-0.4, -0.2) is 5.11 Å². The van der Waals surface area contributed by atoms with E-state index >= 15 is 0 Å². The number of hydrogen-bond acceptors (Lipinski definition) is 1. The molecule has 0 radical (unpaired) electrons. The van der Waals surface area contributed by atoms with Crippen LogP contribution in [0.25, 0.3) is 0 Å². The van der Waals surface area contributed by atoms with E-state index in [9.17, 15) is 22.7 Å². The topological polar surface area (TPSA) is 20.2 Å². The molecule has 0 amide bonds. The summed E-state index contributed by atoms with van der Waals surface area (Å²) in [6, 6.07) is 2.01. The maximum Gasteiger partial charge on any atom is 0.416 e. The number of aliphatic hydroxyl groups excluding tert-OH is 1. The Kier molecular flexibility index (Phi) is 4.13. The van der Waals surface area contributed by atoms with E-state index in [1.807, 2.05) is 0 Å². The highest BCUT2D eigenvalue weighted by molar-refractivity contribution is 5.32. The van der Waals surface area contributed by atoms with Crippen LogP contribution in [-0.2, 0) is 6.18 Å². The average Bonchev–Trinajstić information content (AvgIpc) is 2.24. The Morgan fingerprint density at radius 3 is 2.53 bits per heavy atom. The van der Waals surface area contributed by atoms with E-state index in [-0.39, 0.29) is 12.8 Å². The van der Waals surface area contributed by atoms with Gasteiger partial charge >= 0.3 is 6.18 Å². The van der Waals surface area contributed by atoms with Gasteiger partial charge in [-0.05, 0) is 30.2 Å². The normalized spacial score (nSPS) is 13.2. The fourth-order valence-corrected chi connectivity index (χ4v) is 1.44. The van der Waals surface area contributed by atoms with Gasteiger partial charge in [0.1, 0.15) is 5.82 Å². The number of alkyl halides is 3. The Bertz CT molecular complexity index is 431. The summed E-state index contributed by atoms with van der Waals surface area (Å²) in [7, 11) is 0. The molecular formula is C12H10F4O. The van der Waals surface area contributed by atoms with Crippen LogP contribution in [0.1, 0.15) is 30.1 Å². The van der Waals surface area contributed by atoms with Crippen molar-refractivity contribution in [2.45, 2.75) is 25.1 Å². The molecule has 0 aliphatic carbocycles. The van der Waals surface area contributed by atoms with Crippen LogP contribution in [0.15, 0.2) is 18.2 Å². The zero-order valence-electron chi connectivity index (χ0n) is 8.76. The molecule has 0 fully saturated rings. The largest absolute Gasteiger partial charge is 0.416 e. The summed E-state index contributed by atoms with van der Waals surface area (Å²) in [4.78, 5) is 0. The number of rotatable bonds is 3. The standard InChI is InChI=1S/C12H10F4O/c1-2-3-4-11(17)9-7-8(13)5-6-10(9)12(14,15)16/h1,5-7,11,17H,3-4H2. The quantitative estimate of drug-likeness (QED) is 0.641. The van der Waals surface area contributed by atoms with Crippen molar-refractivity contribution >= 4 is 0 Å². The first-order valence-electron chi connectivity index (χ1n) is 4.84. The molecule has 1 N–H and O–H groups in total. The third-order valence-corrected chi connectivity index (χ3v) is 2.24. The molecule has 1 unspecified atom stereocenters. The second kappa shape index (κ2) is 5.19. The molecule has 0 aliphatic rings. The molecule has 0 heterocycles. The fourth-order valence-electron chi connectivity index (χ4n) is 1.44. The lowest BCUT2D eigenvalue weighted by atomic mass is 9.98. The molecule has 0 saturated heterocycles. The predicted octanol–water partition coefficient (Wildman–Crippen LogP) is 3.29. The summed E-state index contributed by atoms with van der Waals surface area (Å²) in [5, 5.41) is 9.56. The molecule has 1 atom stereocenters. The Hall–Kier alpha value is -1.54. The SMILES string of the molecule is C#CCCC(O)c1cc(F)ccc1C(F)(F)F. The summed E-state index contributed by atoms with van der Waals surface area (Å²) < 4.78 is 50.7. The number of aliphatic hydroxyl groups is 1. The number of halogens is 4. The van der Waals surface area contributed by atoms with Crippen molar-refractivity contribution in [3.05, 3.63) is 35.1 Å². The van der Waals surface area contributed by atoms with Crippen LogP contribution in [0, 0.1) is 18.2 Å². The highest BCUT2D eigenvalue weighted by Crippen LogP contribution is 2.36. The number of benzene rings is 1. The first kappa shape index (κ1) is 13.5. The molecule has 92 valence electrons. The lowest BCUT2D eigenvalue weighted by Gasteiger charge is -2.16. The van der Waals surface area contributed by atoms with Crippen LogP contribution >= 0.6 is 0 Å². The van der Waals surface area contributed by atoms with E-state index in [0.29, 0.717) is 18.2 Å². The molecule has 1 aromatic rings. The van der Waals surface area contributed by atoms with E-state index in [4.69, 9.17) is 6.42 Å². The Morgan fingerprint density at radius 1 is 1.35 bits per heavy atom. The zero-order chi connectivity index (χ0) is 13.1. The maximum atomic E-state index is 12.9. The molecule has 1 aromatic carbocycles. The second-order valence-electron chi connectivity index (χ2n) is 3.49. The minimum atomic E-state index is -4.62. The van der Waals surface area contributed by atoms with E-state index < -0.39 is 29.2 Å². The summed E-state index contributed by atoms with van der Waals surface area (Å²) in [5.41, 5.74) is -1.52. The van der Waals surface area contributed by atoms with Crippen LogP contribution in [0.5, 0.6) is 0 Å². The van der Waals surface area contributed by atoms with Crippen LogP contribution in [0.3, 0.4) is 0 Å². The van der Waals surface area contributed by atoms with E-state index in [1.54, 1.807) is 0 Å². The lowest BCUT2D eigenvalue weighted by Crippen LogP contribution is -2.12. The Morgan fingerprint density at radius 2 is 2.00 bits per heavy atom. The van der Waals surface area contributed by atoms with Crippen molar-refractivity contribution in [3.63, 3.8) is 0 Å². The predicted molar refractivity (Wildman–Crippen MR) is 54.4 cm³/mol. The van der Waals surface area contributed by atoms with Gasteiger partial charge in [-0.15, -0.1) is 12.3 Å². The first-order valence-corrected chi connectivity index (χ1v) is 4.84. The summed E-state index contributed by atoms with van der Waals surface area (Å²) in [5.74, 6) is 1.38. The minimum Gasteiger partial charge on any atom is -0.388 e. The first-order chi connectivity index (χ1) is 7.86. The molecule has 0 spiro atoms. The molecular weight excluding hydrogens is 236 g/mol. The lowest BCUT2D eigenvalue weighted by molar-refractivity contribution is -0.139. The van der Waals surface area contributed by atoms with Gasteiger partial charge in [-0.3, -0.25) is 0 Å². The maximum absolute atomic E-state index is 12.9. The smallest absolute Gasteiger partial charge is 0.388 e. The molecule has 0 bridgehead atoms. The minimum absolute atomic E-state index is 0.0387. The van der Waals surface area contributed by atoms with Crippen molar-refractivity contribution in [3.8, 4) is 12.3 Å². The monoisotopic (exact) mass is 246 g/mol. The van der Waals surface area contributed by atoms with Crippen molar-refractivity contribution in [2.24, 2.45) is 0 Å². The van der Waals surface area contributed by atoms with Gasteiger partial charge in [0.05, 0.1) is 11.7 Å². The molecule has 0 aliphatic heterocycles. The fraction of sp³-hybridized carbons (Fsp3) is 0.333. The van der Waals surface area contributed by atoms with Crippen molar-refractivity contribution in [1.29, 1.82) is 0 Å². The second-order valence-corrected chi connectivity index (χ2v) is 3.49. The highest BCUT2D eigenvalue weighted by atomic mass is 19.4. The molecule has 0 aromatic heterocycles. The van der Waals surface area contributed by atoms with Crippen LogP contribution < -0.4 is 0 Å². The van der Waals surface area contributed by atoms with Gasteiger partial charge in [-0.2, -0.15) is 13.2 Å². The Labute approximate surface area is 96.1 Å². The van der Waals surface area contributed by atoms with Gasteiger partial charge in [0.2, 0.25) is 0 Å². The number of terminal acetylenes is 1. The van der Waals surface area contributed by atoms with E-state index in [1.165, 1.54) is 0 Å². The van der Waals surface area contributed by atoms with Crippen molar-refractivity contribution in [1.82, 2.24) is 0 Å². The van der Waals surface area contributed by atoms with Gasteiger partial charge in [0.15, 0.2) is 0 Å². The van der Waals surface area contributed by atoms with E-state index in [0.717, 1.165) is 0 Å². The van der Waals surface area contributed by atoms with Crippen molar-refractivity contribution in [2.75, 3.05) is 0 Å².